The average molecular weight is 394 g/mol. The van der Waals surface area contributed by atoms with E-state index >= 15 is 0 Å². The SMILES string of the molecule is CC(C)(C)C(=O)OC[C@H]1O[C@@H]2OC/C(=C\I)[C@@H]2CC1=O. The molecule has 112 valence electrons. The van der Waals surface area contributed by atoms with Gasteiger partial charge in [-0.05, 0) is 30.4 Å². The van der Waals surface area contributed by atoms with E-state index in [2.05, 4.69) is 22.6 Å². The Morgan fingerprint density at radius 2 is 2.20 bits per heavy atom. The molecule has 3 atom stereocenters. The lowest BCUT2D eigenvalue weighted by molar-refractivity contribution is -0.200. The lowest BCUT2D eigenvalue weighted by Crippen LogP contribution is -2.43. The van der Waals surface area contributed by atoms with Gasteiger partial charge in [-0.15, -0.1) is 0 Å². The normalized spacial score (nSPS) is 32.3. The molecular formula is C14H19IO5. The lowest BCUT2D eigenvalue weighted by Gasteiger charge is -2.30. The molecule has 0 spiro atoms. The van der Waals surface area contributed by atoms with E-state index < -0.39 is 17.8 Å². The summed E-state index contributed by atoms with van der Waals surface area (Å²) in [5.41, 5.74) is 0.510. The molecule has 2 aliphatic heterocycles. The van der Waals surface area contributed by atoms with Crippen LogP contribution in [0.2, 0.25) is 0 Å². The fourth-order valence-electron chi connectivity index (χ4n) is 2.14. The van der Waals surface area contributed by atoms with E-state index in [1.54, 1.807) is 20.8 Å². The summed E-state index contributed by atoms with van der Waals surface area (Å²) in [5.74, 6) is -0.362. The fraction of sp³-hybridized carbons (Fsp3) is 0.714. The highest BCUT2D eigenvalue weighted by atomic mass is 127. The van der Waals surface area contributed by atoms with Gasteiger partial charge in [0.05, 0.1) is 12.0 Å². The molecule has 0 aliphatic carbocycles. The van der Waals surface area contributed by atoms with Gasteiger partial charge in [-0.25, -0.2) is 0 Å². The number of fused-ring (bicyclic) bond motifs is 1. The summed E-state index contributed by atoms with van der Waals surface area (Å²) >= 11 is 2.15. The lowest BCUT2D eigenvalue weighted by atomic mass is 9.92. The number of esters is 1. The van der Waals surface area contributed by atoms with Crippen LogP contribution in [0.4, 0.5) is 0 Å². The predicted octanol–water partition coefficient (Wildman–Crippen LogP) is 2.23. The first-order valence-corrected chi connectivity index (χ1v) is 7.83. The quantitative estimate of drug-likeness (QED) is 0.531. The van der Waals surface area contributed by atoms with Crippen LogP contribution in [0.5, 0.6) is 0 Å². The van der Waals surface area contributed by atoms with Crippen LogP contribution in [0.3, 0.4) is 0 Å². The van der Waals surface area contributed by atoms with Gasteiger partial charge in [0.1, 0.15) is 6.61 Å². The van der Waals surface area contributed by atoms with Gasteiger partial charge in [0.15, 0.2) is 18.2 Å². The third-order valence-corrected chi connectivity index (χ3v) is 4.22. The average Bonchev–Trinajstić information content (AvgIpc) is 2.76. The second-order valence-electron chi connectivity index (χ2n) is 6.11. The highest BCUT2D eigenvalue weighted by Gasteiger charge is 2.43. The van der Waals surface area contributed by atoms with E-state index in [0.717, 1.165) is 5.57 Å². The molecule has 5 nitrogen and oxygen atoms in total. The smallest absolute Gasteiger partial charge is 0.311 e. The summed E-state index contributed by atoms with van der Waals surface area (Å²) in [6.07, 6.45) is -0.722. The van der Waals surface area contributed by atoms with E-state index in [0.29, 0.717) is 13.0 Å². The molecule has 0 amide bonds. The topological polar surface area (TPSA) is 61.8 Å². The second kappa shape index (κ2) is 6.11. The molecule has 6 heteroatoms. The minimum absolute atomic E-state index is 0.00830. The van der Waals surface area contributed by atoms with Crippen LogP contribution in [0.25, 0.3) is 0 Å². The van der Waals surface area contributed by atoms with Crippen LogP contribution in [0.1, 0.15) is 27.2 Å². The summed E-state index contributed by atoms with van der Waals surface area (Å²) in [4.78, 5) is 23.8. The van der Waals surface area contributed by atoms with Gasteiger partial charge in [-0.2, -0.15) is 0 Å². The Morgan fingerprint density at radius 3 is 2.80 bits per heavy atom. The molecule has 0 unspecified atom stereocenters. The molecule has 2 heterocycles. The number of carbonyl (C=O) groups is 2. The number of ether oxygens (including phenoxy) is 3. The number of halogens is 1. The molecule has 2 saturated heterocycles. The maximum atomic E-state index is 12.1. The molecule has 2 rings (SSSR count). The van der Waals surface area contributed by atoms with Crippen molar-refractivity contribution in [3.05, 3.63) is 9.66 Å². The molecule has 0 saturated carbocycles. The van der Waals surface area contributed by atoms with E-state index in [1.165, 1.54) is 0 Å². The van der Waals surface area contributed by atoms with Crippen LogP contribution >= 0.6 is 22.6 Å². The minimum atomic E-state index is -0.712. The van der Waals surface area contributed by atoms with Gasteiger partial charge < -0.3 is 14.2 Å². The minimum Gasteiger partial charge on any atom is -0.462 e. The zero-order valence-electron chi connectivity index (χ0n) is 11.8. The van der Waals surface area contributed by atoms with E-state index in [4.69, 9.17) is 14.2 Å². The van der Waals surface area contributed by atoms with Crippen LogP contribution in [-0.2, 0) is 23.8 Å². The maximum Gasteiger partial charge on any atom is 0.311 e. The number of carbonyl (C=O) groups excluding carboxylic acids is 2. The van der Waals surface area contributed by atoms with Gasteiger partial charge in [0.25, 0.3) is 0 Å². The van der Waals surface area contributed by atoms with E-state index in [1.807, 2.05) is 4.08 Å². The summed E-state index contributed by atoms with van der Waals surface area (Å²) in [7, 11) is 0. The molecule has 0 bridgehead atoms. The van der Waals surface area contributed by atoms with Crippen LogP contribution < -0.4 is 0 Å². The van der Waals surface area contributed by atoms with Crippen LogP contribution in [0.15, 0.2) is 9.66 Å². The predicted molar refractivity (Wildman–Crippen MR) is 80.2 cm³/mol. The molecule has 2 fully saturated rings. The highest BCUT2D eigenvalue weighted by molar-refractivity contribution is 14.1. The van der Waals surface area contributed by atoms with Crippen molar-refractivity contribution in [3.63, 3.8) is 0 Å². The van der Waals surface area contributed by atoms with Crippen molar-refractivity contribution < 1.29 is 23.8 Å². The summed E-state index contributed by atoms with van der Waals surface area (Å²) < 4.78 is 18.3. The Bertz CT molecular complexity index is 437. The molecular weight excluding hydrogens is 375 g/mol. The number of hydrogen-bond acceptors (Lipinski definition) is 5. The summed E-state index contributed by atoms with van der Waals surface area (Å²) in [6.45, 7) is 5.77. The third kappa shape index (κ3) is 3.40. The number of Topliss-reactive ketones (excluding diaryl/α,β-unsaturated/α-hetero) is 1. The Balaban J connectivity index is 1.92. The third-order valence-electron chi connectivity index (χ3n) is 3.42. The van der Waals surface area contributed by atoms with Crippen molar-refractivity contribution in [1.29, 1.82) is 0 Å². The van der Waals surface area contributed by atoms with Gasteiger partial charge in [-0.3, -0.25) is 9.59 Å². The first-order valence-electron chi connectivity index (χ1n) is 6.59. The van der Waals surface area contributed by atoms with E-state index in [-0.39, 0.29) is 24.3 Å². The maximum absolute atomic E-state index is 12.1. The Hall–Kier alpha value is -0.470. The largest absolute Gasteiger partial charge is 0.462 e. The van der Waals surface area contributed by atoms with Crippen molar-refractivity contribution >= 4 is 34.3 Å². The highest BCUT2D eigenvalue weighted by Crippen LogP contribution is 2.36. The molecule has 0 aromatic rings. The Morgan fingerprint density at radius 1 is 1.50 bits per heavy atom. The van der Waals surface area contributed by atoms with Crippen LogP contribution in [0, 0.1) is 11.3 Å². The summed E-state index contributed by atoms with van der Waals surface area (Å²) in [6, 6.07) is 0. The number of hydrogen-bond donors (Lipinski definition) is 0. The molecule has 0 N–H and O–H groups in total. The Labute approximate surface area is 132 Å². The first-order chi connectivity index (χ1) is 9.32. The van der Waals surface area contributed by atoms with Crippen molar-refractivity contribution in [2.45, 2.75) is 39.6 Å². The van der Waals surface area contributed by atoms with Gasteiger partial charge in [0, 0.05) is 12.3 Å². The van der Waals surface area contributed by atoms with E-state index in [9.17, 15) is 9.59 Å². The van der Waals surface area contributed by atoms with Crippen molar-refractivity contribution in [2.24, 2.45) is 11.3 Å². The molecule has 0 radical (unpaired) electrons. The van der Waals surface area contributed by atoms with Gasteiger partial charge >= 0.3 is 5.97 Å². The molecule has 20 heavy (non-hydrogen) atoms. The standard InChI is InChI=1S/C14H19IO5/c1-14(2,3)13(17)19-7-11-10(16)4-9-8(5-15)6-18-12(9)20-11/h5,9,11-12H,4,6-7H2,1-3H3/b8-5+/t9-,11+,12-/m0/s1. The fourth-order valence-corrected chi connectivity index (χ4v) is 2.78. The molecule has 0 aromatic heterocycles. The van der Waals surface area contributed by atoms with Gasteiger partial charge in [-0.1, -0.05) is 22.6 Å². The monoisotopic (exact) mass is 394 g/mol. The Kier molecular flexibility index (Phi) is 4.86. The van der Waals surface area contributed by atoms with Crippen molar-refractivity contribution in [1.82, 2.24) is 0 Å². The van der Waals surface area contributed by atoms with Gasteiger partial charge in [0.2, 0.25) is 0 Å². The zero-order chi connectivity index (χ0) is 14.9. The van der Waals surface area contributed by atoms with Crippen molar-refractivity contribution in [2.75, 3.05) is 13.2 Å². The molecule has 2 aliphatic rings. The zero-order valence-corrected chi connectivity index (χ0v) is 14.0. The summed E-state index contributed by atoms with van der Waals surface area (Å²) in [5, 5.41) is 0. The second-order valence-corrected chi connectivity index (χ2v) is 6.74. The number of ketones is 1. The van der Waals surface area contributed by atoms with Crippen LogP contribution in [-0.4, -0.2) is 37.4 Å². The first kappa shape index (κ1) is 15.9. The number of rotatable bonds is 2. The molecule has 0 aromatic carbocycles. The van der Waals surface area contributed by atoms with Crippen molar-refractivity contribution in [3.8, 4) is 0 Å².